The highest BCUT2D eigenvalue weighted by molar-refractivity contribution is 5.74. The van der Waals surface area contributed by atoms with Gasteiger partial charge in [-0.2, -0.15) is 0 Å². The van der Waals surface area contributed by atoms with Crippen LogP contribution in [0.25, 0.3) is 0 Å². The van der Waals surface area contributed by atoms with Gasteiger partial charge in [0.25, 0.3) is 0 Å². The summed E-state index contributed by atoms with van der Waals surface area (Å²) in [6, 6.07) is 9.71. The molecule has 0 spiro atoms. The number of carbonyl (C=O) groups excluding carboxylic acids is 1. The van der Waals surface area contributed by atoms with Crippen LogP contribution in [0.4, 0.5) is 0 Å². The molecule has 0 aromatic heterocycles. The molecule has 28 heavy (non-hydrogen) atoms. The second-order valence-corrected chi connectivity index (χ2v) is 9.06. The normalized spacial score (nSPS) is 29.8. The SMILES string of the molecule is COc1ccc([C@H]2CN(C(C)=O)[C@@H]3CCN(C4CCCCCCC4)C[C@H]23)cc1. The highest BCUT2D eigenvalue weighted by Gasteiger charge is 2.46. The Labute approximate surface area is 170 Å². The zero-order valence-electron chi connectivity index (χ0n) is 17.6. The number of carbonyl (C=O) groups is 1. The first kappa shape index (κ1) is 19.8. The zero-order valence-corrected chi connectivity index (χ0v) is 17.6. The quantitative estimate of drug-likeness (QED) is 0.772. The molecule has 154 valence electrons. The molecule has 0 bridgehead atoms. The predicted octanol–water partition coefficient (Wildman–Crippen LogP) is 4.44. The minimum Gasteiger partial charge on any atom is -0.497 e. The van der Waals surface area contributed by atoms with Gasteiger partial charge in [-0.1, -0.05) is 44.2 Å². The molecule has 2 aliphatic heterocycles. The van der Waals surface area contributed by atoms with Gasteiger partial charge in [0.1, 0.15) is 5.75 Å². The first-order valence-electron chi connectivity index (χ1n) is 11.3. The van der Waals surface area contributed by atoms with E-state index < -0.39 is 0 Å². The lowest BCUT2D eigenvalue weighted by Crippen LogP contribution is -2.50. The number of hydrogen-bond donors (Lipinski definition) is 0. The van der Waals surface area contributed by atoms with Crippen LogP contribution in [0.5, 0.6) is 5.75 Å². The topological polar surface area (TPSA) is 32.8 Å². The fraction of sp³-hybridized carbons (Fsp3) is 0.708. The van der Waals surface area contributed by atoms with Crippen molar-refractivity contribution in [3.8, 4) is 5.75 Å². The molecule has 1 saturated carbocycles. The Morgan fingerprint density at radius 1 is 0.964 bits per heavy atom. The molecule has 3 fully saturated rings. The van der Waals surface area contributed by atoms with Crippen molar-refractivity contribution < 1.29 is 9.53 Å². The van der Waals surface area contributed by atoms with Crippen molar-refractivity contribution in [2.75, 3.05) is 26.7 Å². The van der Waals surface area contributed by atoms with Crippen molar-refractivity contribution in [2.45, 2.75) is 76.3 Å². The van der Waals surface area contributed by atoms with E-state index in [9.17, 15) is 4.79 Å². The molecule has 3 atom stereocenters. The first-order chi connectivity index (χ1) is 13.7. The standard InChI is InChI=1S/C24H36N2O2/c1-18(27)26-17-22(19-10-12-21(28-2)13-11-19)23-16-25(15-14-24(23)26)20-8-6-4-3-5-7-9-20/h10-13,20,22-24H,3-9,14-17H2,1-2H3/t22-,23-,24-/m1/s1. The monoisotopic (exact) mass is 384 g/mol. The molecule has 4 heteroatoms. The van der Waals surface area contributed by atoms with Gasteiger partial charge in [-0.05, 0) is 37.0 Å². The Kier molecular flexibility index (Phi) is 6.25. The maximum Gasteiger partial charge on any atom is 0.219 e. The number of amides is 1. The highest BCUT2D eigenvalue weighted by Crippen LogP contribution is 2.42. The smallest absolute Gasteiger partial charge is 0.219 e. The van der Waals surface area contributed by atoms with E-state index in [-0.39, 0.29) is 5.91 Å². The number of fused-ring (bicyclic) bond motifs is 1. The van der Waals surface area contributed by atoms with Crippen LogP contribution in [-0.2, 0) is 4.79 Å². The molecule has 2 heterocycles. The molecule has 4 rings (SSSR count). The van der Waals surface area contributed by atoms with E-state index in [1.165, 1.54) is 50.5 Å². The molecule has 3 aliphatic rings. The average molecular weight is 385 g/mol. The molecule has 4 nitrogen and oxygen atoms in total. The van der Waals surface area contributed by atoms with Gasteiger partial charge in [0, 0.05) is 50.5 Å². The van der Waals surface area contributed by atoms with E-state index in [0.29, 0.717) is 17.9 Å². The molecule has 0 unspecified atom stereocenters. The average Bonchev–Trinajstić information content (AvgIpc) is 3.07. The maximum atomic E-state index is 12.3. The van der Waals surface area contributed by atoms with Crippen LogP contribution < -0.4 is 4.74 Å². The molecule has 0 radical (unpaired) electrons. The lowest BCUT2D eigenvalue weighted by Gasteiger charge is -2.43. The largest absolute Gasteiger partial charge is 0.497 e. The summed E-state index contributed by atoms with van der Waals surface area (Å²) >= 11 is 0. The van der Waals surface area contributed by atoms with Crippen LogP contribution >= 0.6 is 0 Å². The van der Waals surface area contributed by atoms with Gasteiger partial charge in [0.2, 0.25) is 5.91 Å². The number of methoxy groups -OCH3 is 1. The maximum absolute atomic E-state index is 12.3. The third kappa shape index (κ3) is 4.07. The van der Waals surface area contributed by atoms with Crippen molar-refractivity contribution >= 4 is 5.91 Å². The lowest BCUT2D eigenvalue weighted by molar-refractivity contribution is -0.130. The summed E-state index contributed by atoms with van der Waals surface area (Å²) in [7, 11) is 1.71. The molecule has 1 aliphatic carbocycles. The number of hydrogen-bond acceptors (Lipinski definition) is 3. The van der Waals surface area contributed by atoms with Crippen molar-refractivity contribution in [1.29, 1.82) is 0 Å². The molecule has 2 saturated heterocycles. The molecule has 1 aromatic carbocycles. The number of likely N-dealkylation sites (tertiary alicyclic amines) is 2. The number of ether oxygens (including phenoxy) is 1. The minimum atomic E-state index is 0.241. The van der Waals surface area contributed by atoms with Crippen LogP contribution in [0, 0.1) is 5.92 Å². The van der Waals surface area contributed by atoms with Crippen LogP contribution in [0.1, 0.15) is 69.8 Å². The number of nitrogens with zero attached hydrogens (tertiary/aromatic N) is 2. The van der Waals surface area contributed by atoms with E-state index in [0.717, 1.165) is 37.8 Å². The van der Waals surface area contributed by atoms with E-state index in [2.05, 4.69) is 34.1 Å². The Bertz CT molecular complexity index is 651. The Hall–Kier alpha value is -1.55. The van der Waals surface area contributed by atoms with E-state index in [1.807, 2.05) is 0 Å². The summed E-state index contributed by atoms with van der Waals surface area (Å²) in [6.07, 6.45) is 10.9. The van der Waals surface area contributed by atoms with Gasteiger partial charge in [-0.15, -0.1) is 0 Å². The Balaban J connectivity index is 1.53. The predicted molar refractivity (Wildman–Crippen MR) is 113 cm³/mol. The van der Waals surface area contributed by atoms with Gasteiger partial charge >= 0.3 is 0 Å². The van der Waals surface area contributed by atoms with E-state index >= 15 is 0 Å². The molecule has 0 N–H and O–H groups in total. The summed E-state index contributed by atoms with van der Waals surface area (Å²) in [5, 5.41) is 0. The third-order valence-electron chi connectivity index (χ3n) is 7.50. The third-order valence-corrected chi connectivity index (χ3v) is 7.50. The number of rotatable bonds is 3. The lowest BCUT2D eigenvalue weighted by atomic mass is 9.80. The highest BCUT2D eigenvalue weighted by atomic mass is 16.5. The second kappa shape index (κ2) is 8.86. The summed E-state index contributed by atoms with van der Waals surface area (Å²) in [4.78, 5) is 17.3. The van der Waals surface area contributed by atoms with Gasteiger partial charge < -0.3 is 9.64 Å². The molecular formula is C24H36N2O2. The van der Waals surface area contributed by atoms with Crippen LogP contribution in [0.3, 0.4) is 0 Å². The summed E-state index contributed by atoms with van der Waals surface area (Å²) in [5.74, 6) is 2.14. The minimum absolute atomic E-state index is 0.241. The van der Waals surface area contributed by atoms with E-state index in [1.54, 1.807) is 14.0 Å². The van der Waals surface area contributed by atoms with Gasteiger partial charge in [0.15, 0.2) is 0 Å². The van der Waals surface area contributed by atoms with Gasteiger partial charge in [-0.25, -0.2) is 0 Å². The zero-order chi connectivity index (χ0) is 19.5. The Morgan fingerprint density at radius 3 is 2.29 bits per heavy atom. The summed E-state index contributed by atoms with van der Waals surface area (Å²) < 4.78 is 5.34. The fourth-order valence-electron chi connectivity index (χ4n) is 5.96. The van der Waals surface area contributed by atoms with Gasteiger partial charge in [0.05, 0.1) is 7.11 Å². The van der Waals surface area contributed by atoms with Crippen molar-refractivity contribution in [3.63, 3.8) is 0 Å². The molecule has 1 aromatic rings. The van der Waals surface area contributed by atoms with Gasteiger partial charge in [-0.3, -0.25) is 9.69 Å². The van der Waals surface area contributed by atoms with E-state index in [4.69, 9.17) is 4.74 Å². The molecular weight excluding hydrogens is 348 g/mol. The summed E-state index contributed by atoms with van der Waals surface area (Å²) in [6.45, 7) is 4.92. The molecule has 1 amide bonds. The first-order valence-corrected chi connectivity index (χ1v) is 11.3. The number of benzene rings is 1. The van der Waals surface area contributed by atoms with Crippen molar-refractivity contribution in [2.24, 2.45) is 5.92 Å². The fourth-order valence-corrected chi connectivity index (χ4v) is 5.96. The van der Waals surface area contributed by atoms with Crippen LogP contribution in [0.15, 0.2) is 24.3 Å². The van der Waals surface area contributed by atoms with Crippen LogP contribution in [0.2, 0.25) is 0 Å². The summed E-state index contributed by atoms with van der Waals surface area (Å²) in [5.41, 5.74) is 1.36. The van der Waals surface area contributed by atoms with Crippen LogP contribution in [-0.4, -0.2) is 54.5 Å². The van der Waals surface area contributed by atoms with Crippen molar-refractivity contribution in [3.05, 3.63) is 29.8 Å². The number of piperidine rings is 1. The van der Waals surface area contributed by atoms with Crippen molar-refractivity contribution in [1.82, 2.24) is 9.80 Å². The second-order valence-electron chi connectivity index (χ2n) is 9.06. The Morgan fingerprint density at radius 2 is 1.64 bits per heavy atom.